The second-order valence-electron chi connectivity index (χ2n) is 4.87. The minimum atomic E-state index is -1.73. The monoisotopic (exact) mass is 298 g/mol. The Hall–Kier alpha value is -2.18. The van der Waals surface area contributed by atoms with Crippen LogP contribution in [0.15, 0.2) is 18.2 Å². The second-order valence-corrected chi connectivity index (χ2v) is 4.87. The molecule has 1 N–H and O–H groups in total. The maximum absolute atomic E-state index is 13.7. The van der Waals surface area contributed by atoms with Crippen LogP contribution in [0.5, 0.6) is 5.75 Å². The van der Waals surface area contributed by atoms with E-state index in [1.807, 2.05) is 0 Å². The molecule has 0 radical (unpaired) electrons. The molecule has 0 saturated carbocycles. The van der Waals surface area contributed by atoms with Gasteiger partial charge in [-0.25, -0.2) is 8.78 Å². The van der Waals surface area contributed by atoms with E-state index in [9.17, 15) is 18.4 Å². The topological polar surface area (TPSA) is 58.6 Å². The molecule has 1 aliphatic rings. The van der Waals surface area contributed by atoms with Crippen molar-refractivity contribution in [3.63, 3.8) is 0 Å². The number of anilines is 1. The maximum Gasteiger partial charge on any atom is 0.237 e. The molecule has 2 rings (SSSR count). The molecule has 0 bridgehead atoms. The summed E-state index contributed by atoms with van der Waals surface area (Å²) in [7, 11) is 1.61. The molecule has 1 heterocycles. The predicted molar refractivity (Wildman–Crippen MR) is 72.0 cm³/mol. The molecule has 0 aromatic heterocycles. The Morgan fingerprint density at radius 2 is 2.24 bits per heavy atom. The summed E-state index contributed by atoms with van der Waals surface area (Å²) in [6.45, 7) is 1.60. The van der Waals surface area contributed by atoms with Crippen molar-refractivity contribution >= 4 is 17.5 Å². The molecule has 21 heavy (non-hydrogen) atoms. The normalized spacial score (nSPS) is 19.5. The molecule has 2 atom stereocenters. The van der Waals surface area contributed by atoms with Gasteiger partial charge in [-0.05, 0) is 18.6 Å². The van der Waals surface area contributed by atoms with Crippen LogP contribution in [0.25, 0.3) is 0 Å². The van der Waals surface area contributed by atoms with Crippen molar-refractivity contribution in [2.45, 2.75) is 19.7 Å². The molecule has 0 aliphatic carbocycles. The zero-order chi connectivity index (χ0) is 15.6. The molecule has 1 saturated heterocycles. The Morgan fingerprint density at radius 3 is 2.81 bits per heavy atom. The quantitative estimate of drug-likeness (QED) is 0.864. The van der Waals surface area contributed by atoms with Crippen molar-refractivity contribution < 1.29 is 23.1 Å². The van der Waals surface area contributed by atoms with E-state index in [1.54, 1.807) is 7.05 Å². The number of nitrogens with zero attached hydrogens (tertiary/aromatic N) is 1. The highest BCUT2D eigenvalue weighted by atomic mass is 19.1. The van der Waals surface area contributed by atoms with E-state index in [2.05, 4.69) is 5.32 Å². The molecule has 1 aliphatic heterocycles. The van der Waals surface area contributed by atoms with Gasteiger partial charge in [0.15, 0.2) is 11.6 Å². The van der Waals surface area contributed by atoms with Crippen LogP contribution in [0.4, 0.5) is 14.5 Å². The maximum atomic E-state index is 13.7. The summed E-state index contributed by atoms with van der Waals surface area (Å²) in [5.74, 6) is -2.81. The fourth-order valence-corrected chi connectivity index (χ4v) is 2.17. The van der Waals surface area contributed by atoms with Crippen LogP contribution in [-0.4, -0.2) is 36.7 Å². The largest absolute Gasteiger partial charge is 0.455 e. The lowest BCUT2D eigenvalue weighted by Crippen LogP contribution is -2.31. The minimum Gasteiger partial charge on any atom is -0.455 e. The average molecular weight is 298 g/mol. The third-order valence-corrected chi connectivity index (χ3v) is 3.25. The highest BCUT2D eigenvalue weighted by Crippen LogP contribution is 2.30. The Bertz CT molecular complexity index is 563. The Morgan fingerprint density at radius 1 is 1.52 bits per heavy atom. The number of amides is 2. The Labute approximate surface area is 120 Å². The van der Waals surface area contributed by atoms with Gasteiger partial charge in [0.1, 0.15) is 5.92 Å². The van der Waals surface area contributed by atoms with Gasteiger partial charge in [-0.1, -0.05) is 6.07 Å². The predicted octanol–water partition coefficient (Wildman–Crippen LogP) is 1.94. The van der Waals surface area contributed by atoms with Crippen LogP contribution in [0.1, 0.15) is 13.3 Å². The van der Waals surface area contributed by atoms with Gasteiger partial charge in [-0.15, -0.1) is 0 Å². The fourth-order valence-electron chi connectivity index (χ4n) is 2.17. The van der Waals surface area contributed by atoms with E-state index in [0.29, 0.717) is 13.0 Å². The van der Waals surface area contributed by atoms with Crippen molar-refractivity contribution in [1.29, 1.82) is 0 Å². The number of rotatable bonds is 4. The van der Waals surface area contributed by atoms with Crippen molar-refractivity contribution in [3.8, 4) is 5.75 Å². The molecule has 7 heteroatoms. The molecule has 1 aromatic rings. The summed E-state index contributed by atoms with van der Waals surface area (Å²) in [5.41, 5.74) is 0.00635. The van der Waals surface area contributed by atoms with E-state index >= 15 is 0 Å². The SMILES string of the molecule is CC(F)Oc1c(F)cccc1NC(=O)C1CCN(C)C1=O. The summed E-state index contributed by atoms with van der Waals surface area (Å²) >= 11 is 0. The minimum absolute atomic E-state index is 0.00635. The number of nitrogens with one attached hydrogen (secondary N) is 1. The van der Waals surface area contributed by atoms with E-state index < -0.39 is 24.0 Å². The zero-order valence-corrected chi connectivity index (χ0v) is 11.7. The lowest BCUT2D eigenvalue weighted by atomic mass is 10.1. The number of likely N-dealkylation sites (tertiary alicyclic amines) is 1. The fraction of sp³-hybridized carbons (Fsp3) is 0.429. The molecule has 5 nitrogen and oxygen atoms in total. The molecule has 2 unspecified atom stereocenters. The zero-order valence-electron chi connectivity index (χ0n) is 11.7. The van der Waals surface area contributed by atoms with Crippen LogP contribution in [0, 0.1) is 11.7 Å². The van der Waals surface area contributed by atoms with Gasteiger partial charge < -0.3 is 15.0 Å². The van der Waals surface area contributed by atoms with Crippen LogP contribution in [0.2, 0.25) is 0 Å². The number of carbonyl (C=O) groups excluding carboxylic acids is 2. The molecule has 1 aromatic carbocycles. The molecule has 0 spiro atoms. The van der Waals surface area contributed by atoms with E-state index in [-0.39, 0.29) is 17.3 Å². The van der Waals surface area contributed by atoms with Gasteiger partial charge in [-0.3, -0.25) is 9.59 Å². The number of ether oxygens (including phenoxy) is 1. The summed E-state index contributed by atoms with van der Waals surface area (Å²) in [4.78, 5) is 25.3. The van der Waals surface area contributed by atoms with Gasteiger partial charge in [0.2, 0.25) is 18.2 Å². The van der Waals surface area contributed by atoms with Gasteiger partial charge >= 0.3 is 0 Å². The van der Waals surface area contributed by atoms with Gasteiger partial charge in [0.05, 0.1) is 5.69 Å². The van der Waals surface area contributed by atoms with Gasteiger partial charge in [0, 0.05) is 20.5 Å². The molecular weight excluding hydrogens is 282 g/mol. The Kier molecular flexibility index (Phi) is 4.40. The first-order valence-corrected chi connectivity index (χ1v) is 6.55. The van der Waals surface area contributed by atoms with E-state index in [4.69, 9.17) is 4.74 Å². The highest BCUT2D eigenvalue weighted by Gasteiger charge is 2.35. The van der Waals surface area contributed by atoms with Crippen molar-refractivity contribution in [3.05, 3.63) is 24.0 Å². The molecule has 114 valence electrons. The summed E-state index contributed by atoms with van der Waals surface area (Å²) < 4.78 is 31.3. The van der Waals surface area contributed by atoms with Crippen LogP contribution >= 0.6 is 0 Å². The van der Waals surface area contributed by atoms with E-state index in [0.717, 1.165) is 13.0 Å². The third-order valence-electron chi connectivity index (χ3n) is 3.25. The number of para-hydroxylation sites is 1. The summed E-state index contributed by atoms with van der Waals surface area (Å²) in [5, 5.41) is 2.43. The summed E-state index contributed by atoms with van der Waals surface area (Å²) in [6, 6.07) is 3.85. The lowest BCUT2D eigenvalue weighted by molar-refractivity contribution is -0.134. The standard InChI is InChI=1S/C14H16F2N2O3/c1-8(15)21-12-10(16)4-3-5-11(12)17-13(19)9-6-7-18(2)14(9)20/h3-5,8-9H,6-7H2,1-2H3,(H,17,19). The van der Waals surface area contributed by atoms with Crippen molar-refractivity contribution in [2.24, 2.45) is 5.92 Å². The third kappa shape index (κ3) is 3.29. The first-order chi connectivity index (χ1) is 9.90. The van der Waals surface area contributed by atoms with E-state index in [1.165, 1.54) is 17.0 Å². The Balaban J connectivity index is 2.18. The number of carbonyl (C=O) groups is 2. The van der Waals surface area contributed by atoms with Crippen molar-refractivity contribution in [1.82, 2.24) is 4.90 Å². The van der Waals surface area contributed by atoms with Crippen LogP contribution in [-0.2, 0) is 9.59 Å². The molecule has 2 amide bonds. The number of halogens is 2. The number of hydrogen-bond donors (Lipinski definition) is 1. The smallest absolute Gasteiger partial charge is 0.237 e. The number of hydrogen-bond acceptors (Lipinski definition) is 3. The van der Waals surface area contributed by atoms with Crippen LogP contribution < -0.4 is 10.1 Å². The summed E-state index contributed by atoms with van der Waals surface area (Å²) in [6.07, 6.45) is -1.33. The lowest BCUT2D eigenvalue weighted by Gasteiger charge is -2.15. The average Bonchev–Trinajstić information content (AvgIpc) is 2.74. The first kappa shape index (κ1) is 15.2. The number of alkyl halides is 1. The first-order valence-electron chi connectivity index (χ1n) is 6.55. The van der Waals surface area contributed by atoms with Gasteiger partial charge in [-0.2, -0.15) is 0 Å². The molecular formula is C14H16F2N2O3. The van der Waals surface area contributed by atoms with Crippen molar-refractivity contribution in [2.75, 3.05) is 18.9 Å². The number of benzene rings is 1. The van der Waals surface area contributed by atoms with Gasteiger partial charge in [0.25, 0.3) is 0 Å². The second kappa shape index (κ2) is 6.07. The highest BCUT2D eigenvalue weighted by molar-refractivity contribution is 6.07. The molecule has 1 fully saturated rings. The van der Waals surface area contributed by atoms with Crippen LogP contribution in [0.3, 0.4) is 0 Å².